The molecule has 0 bridgehead atoms. The molecule has 1 saturated carbocycles. The smallest absolute Gasteiger partial charge is 0.00773 e. The van der Waals surface area contributed by atoms with Crippen molar-refractivity contribution in [2.45, 2.75) is 57.8 Å². The molecule has 0 radical (unpaired) electrons. The molecule has 0 aliphatic heterocycles. The van der Waals surface area contributed by atoms with Gasteiger partial charge in [-0.3, -0.25) is 0 Å². The van der Waals surface area contributed by atoms with Gasteiger partial charge in [-0.1, -0.05) is 51.4 Å². The monoisotopic (exact) mass is 169 g/mol. The minimum atomic E-state index is 0.878. The Kier molecular flexibility index (Phi) is 5.42. The lowest BCUT2D eigenvalue weighted by atomic mass is 9.82. The van der Waals surface area contributed by atoms with Gasteiger partial charge in [0.1, 0.15) is 0 Å². The molecule has 0 atom stereocenters. The van der Waals surface area contributed by atoms with Gasteiger partial charge in [-0.15, -0.1) is 0 Å². The molecular formula is C11H23N. The first-order valence-corrected chi connectivity index (χ1v) is 5.63. The van der Waals surface area contributed by atoms with E-state index in [0.717, 1.165) is 12.5 Å². The summed E-state index contributed by atoms with van der Waals surface area (Å²) in [5.74, 6) is 1.11. The Morgan fingerprint density at radius 3 is 2.17 bits per heavy atom. The molecule has 72 valence electrons. The van der Waals surface area contributed by atoms with Gasteiger partial charge < -0.3 is 5.73 Å². The Labute approximate surface area is 76.7 Å². The van der Waals surface area contributed by atoms with E-state index in [1.54, 1.807) is 0 Å². The zero-order chi connectivity index (χ0) is 8.65. The van der Waals surface area contributed by atoms with Gasteiger partial charge in [0, 0.05) is 0 Å². The molecule has 0 spiro atoms. The maximum atomic E-state index is 5.42. The van der Waals surface area contributed by atoms with Crippen LogP contribution in [0.5, 0.6) is 0 Å². The number of hydrogen-bond donors (Lipinski definition) is 1. The largest absolute Gasteiger partial charge is 0.330 e. The van der Waals surface area contributed by atoms with E-state index < -0.39 is 0 Å². The van der Waals surface area contributed by atoms with E-state index in [1.807, 2.05) is 0 Å². The van der Waals surface area contributed by atoms with E-state index in [1.165, 1.54) is 57.8 Å². The van der Waals surface area contributed by atoms with Crippen LogP contribution in [0.15, 0.2) is 0 Å². The van der Waals surface area contributed by atoms with Gasteiger partial charge in [-0.2, -0.15) is 0 Å². The van der Waals surface area contributed by atoms with Crippen molar-refractivity contribution < 1.29 is 0 Å². The Balaban J connectivity index is 1.70. The van der Waals surface area contributed by atoms with Crippen molar-refractivity contribution in [1.82, 2.24) is 0 Å². The van der Waals surface area contributed by atoms with E-state index in [4.69, 9.17) is 5.73 Å². The van der Waals surface area contributed by atoms with Crippen LogP contribution >= 0.6 is 0 Å². The summed E-state index contributed by atoms with van der Waals surface area (Å²) >= 11 is 0. The van der Waals surface area contributed by atoms with Crippen LogP contribution in [0.25, 0.3) is 0 Å². The van der Waals surface area contributed by atoms with Crippen molar-refractivity contribution in [3.63, 3.8) is 0 Å². The third kappa shape index (κ3) is 4.10. The van der Waals surface area contributed by atoms with Crippen LogP contribution in [0.2, 0.25) is 0 Å². The molecule has 2 N–H and O–H groups in total. The Hall–Kier alpha value is -0.0400. The molecule has 0 amide bonds. The van der Waals surface area contributed by atoms with E-state index in [2.05, 4.69) is 0 Å². The zero-order valence-electron chi connectivity index (χ0n) is 8.23. The highest BCUT2D eigenvalue weighted by atomic mass is 14.5. The molecule has 12 heavy (non-hydrogen) atoms. The molecule has 1 rings (SSSR count). The molecule has 1 aliphatic carbocycles. The lowest BCUT2D eigenvalue weighted by Crippen LogP contribution is -2.10. The van der Waals surface area contributed by atoms with Gasteiger partial charge in [-0.05, 0) is 18.9 Å². The fourth-order valence-electron chi connectivity index (χ4n) is 1.89. The average Bonchev–Trinajstić information content (AvgIpc) is 2.00. The zero-order valence-corrected chi connectivity index (χ0v) is 8.23. The molecular weight excluding hydrogens is 146 g/mol. The van der Waals surface area contributed by atoms with Crippen molar-refractivity contribution >= 4 is 0 Å². The summed E-state index contributed by atoms with van der Waals surface area (Å²) in [6.07, 6.45) is 12.9. The summed E-state index contributed by atoms with van der Waals surface area (Å²) in [5.41, 5.74) is 5.42. The molecule has 1 heteroatoms. The first-order chi connectivity index (χ1) is 5.93. The predicted molar refractivity (Wildman–Crippen MR) is 54.1 cm³/mol. The summed E-state index contributed by atoms with van der Waals surface area (Å²) < 4.78 is 0. The molecule has 0 unspecified atom stereocenters. The van der Waals surface area contributed by atoms with E-state index in [-0.39, 0.29) is 0 Å². The lowest BCUT2D eigenvalue weighted by molar-refractivity contribution is 0.286. The quantitative estimate of drug-likeness (QED) is 0.582. The normalized spacial score (nSPS) is 17.8. The maximum absolute atomic E-state index is 5.42. The summed E-state index contributed by atoms with van der Waals surface area (Å²) in [6, 6.07) is 0. The van der Waals surface area contributed by atoms with Gasteiger partial charge in [0.05, 0.1) is 0 Å². The van der Waals surface area contributed by atoms with Crippen LogP contribution in [-0.4, -0.2) is 6.54 Å². The number of unbranched alkanes of at least 4 members (excludes halogenated alkanes) is 4. The van der Waals surface area contributed by atoms with Crippen molar-refractivity contribution in [3.8, 4) is 0 Å². The molecule has 1 fully saturated rings. The van der Waals surface area contributed by atoms with E-state index in [0.29, 0.717) is 0 Å². The number of rotatable bonds is 7. The predicted octanol–water partition coefficient (Wildman–Crippen LogP) is 3.09. The fraction of sp³-hybridized carbons (Fsp3) is 1.00. The van der Waals surface area contributed by atoms with Crippen LogP contribution in [0.3, 0.4) is 0 Å². The topological polar surface area (TPSA) is 26.0 Å². The highest BCUT2D eigenvalue weighted by Crippen LogP contribution is 2.30. The second-order valence-electron chi connectivity index (χ2n) is 4.14. The molecule has 0 aromatic heterocycles. The van der Waals surface area contributed by atoms with Gasteiger partial charge in [-0.25, -0.2) is 0 Å². The standard InChI is InChI=1S/C11H23N/c12-10-5-3-1-2-4-7-11-8-6-9-11/h11H,1-10,12H2. The SMILES string of the molecule is NCCCCCCCC1CCC1. The molecule has 0 aromatic rings. The molecule has 1 aliphatic rings. The fourth-order valence-corrected chi connectivity index (χ4v) is 1.89. The van der Waals surface area contributed by atoms with Gasteiger partial charge in [0.25, 0.3) is 0 Å². The molecule has 0 heterocycles. The molecule has 0 saturated heterocycles. The Morgan fingerprint density at radius 2 is 1.58 bits per heavy atom. The third-order valence-electron chi connectivity index (χ3n) is 3.04. The maximum Gasteiger partial charge on any atom is -0.00773 e. The highest BCUT2D eigenvalue weighted by molar-refractivity contribution is 4.68. The lowest BCUT2D eigenvalue weighted by Gasteiger charge is -2.24. The minimum Gasteiger partial charge on any atom is -0.330 e. The molecule has 0 aromatic carbocycles. The first-order valence-electron chi connectivity index (χ1n) is 5.63. The van der Waals surface area contributed by atoms with Gasteiger partial charge in [0.15, 0.2) is 0 Å². The molecule has 1 nitrogen and oxygen atoms in total. The van der Waals surface area contributed by atoms with E-state index in [9.17, 15) is 0 Å². The second kappa shape index (κ2) is 6.47. The minimum absolute atomic E-state index is 0.878. The second-order valence-corrected chi connectivity index (χ2v) is 4.14. The van der Waals surface area contributed by atoms with Crippen molar-refractivity contribution in [2.75, 3.05) is 6.54 Å². The Morgan fingerprint density at radius 1 is 0.917 bits per heavy atom. The summed E-state index contributed by atoms with van der Waals surface area (Å²) in [5, 5.41) is 0. The van der Waals surface area contributed by atoms with Crippen molar-refractivity contribution in [1.29, 1.82) is 0 Å². The first kappa shape index (κ1) is 10.0. The van der Waals surface area contributed by atoms with E-state index >= 15 is 0 Å². The van der Waals surface area contributed by atoms with Gasteiger partial charge >= 0.3 is 0 Å². The van der Waals surface area contributed by atoms with Crippen molar-refractivity contribution in [3.05, 3.63) is 0 Å². The van der Waals surface area contributed by atoms with Crippen LogP contribution in [-0.2, 0) is 0 Å². The third-order valence-corrected chi connectivity index (χ3v) is 3.04. The van der Waals surface area contributed by atoms with Crippen LogP contribution < -0.4 is 5.73 Å². The summed E-state index contributed by atoms with van der Waals surface area (Å²) in [6.45, 7) is 0.878. The summed E-state index contributed by atoms with van der Waals surface area (Å²) in [4.78, 5) is 0. The van der Waals surface area contributed by atoms with Gasteiger partial charge in [0.2, 0.25) is 0 Å². The Bertz CT molecular complexity index is 97.2. The average molecular weight is 169 g/mol. The number of nitrogens with two attached hydrogens (primary N) is 1. The van der Waals surface area contributed by atoms with Crippen LogP contribution in [0.1, 0.15) is 57.8 Å². The van der Waals surface area contributed by atoms with Crippen LogP contribution in [0.4, 0.5) is 0 Å². The van der Waals surface area contributed by atoms with Crippen molar-refractivity contribution in [2.24, 2.45) is 11.7 Å². The number of hydrogen-bond acceptors (Lipinski definition) is 1. The van der Waals surface area contributed by atoms with Crippen LogP contribution in [0, 0.1) is 5.92 Å². The highest BCUT2D eigenvalue weighted by Gasteiger charge is 2.15. The summed E-state index contributed by atoms with van der Waals surface area (Å²) in [7, 11) is 0.